The van der Waals surface area contributed by atoms with Gasteiger partial charge in [0.2, 0.25) is 0 Å². The third-order valence-corrected chi connectivity index (χ3v) is 7.73. The van der Waals surface area contributed by atoms with Gasteiger partial charge in [-0.05, 0) is 55.9 Å². The lowest BCUT2D eigenvalue weighted by Crippen LogP contribution is -2.13. The molecule has 2 heterocycles. The van der Waals surface area contributed by atoms with Gasteiger partial charge in [0.1, 0.15) is 11.1 Å². The molecule has 0 saturated heterocycles. The Kier molecular flexibility index (Phi) is 5.70. The van der Waals surface area contributed by atoms with Gasteiger partial charge in [0.25, 0.3) is 5.91 Å². The van der Waals surface area contributed by atoms with E-state index in [1.54, 1.807) is 11.3 Å². The molecule has 1 unspecified atom stereocenters. The fraction of sp³-hybridized carbons (Fsp3) is 0.250. The van der Waals surface area contributed by atoms with Crippen molar-refractivity contribution in [2.24, 2.45) is 5.92 Å². The van der Waals surface area contributed by atoms with Gasteiger partial charge in [0.15, 0.2) is 0 Å². The number of hydrogen-bond acceptors (Lipinski definition) is 4. The number of anilines is 1. The maximum absolute atomic E-state index is 13.5. The van der Waals surface area contributed by atoms with E-state index in [2.05, 4.69) is 24.4 Å². The summed E-state index contributed by atoms with van der Waals surface area (Å²) in [6, 6.07) is 20.1. The van der Waals surface area contributed by atoms with E-state index in [1.807, 2.05) is 55.5 Å². The average molecular weight is 452 g/mol. The van der Waals surface area contributed by atoms with E-state index < -0.39 is 0 Å². The summed E-state index contributed by atoms with van der Waals surface area (Å²) in [4.78, 5) is 19.6. The number of benzene rings is 2. The molecule has 164 valence electrons. The second-order valence-electron chi connectivity index (χ2n) is 8.73. The van der Waals surface area contributed by atoms with Crippen molar-refractivity contribution in [2.75, 3.05) is 5.32 Å². The number of nitrogens with zero attached hydrogens (tertiary/aromatic N) is 2. The first-order valence-electron chi connectivity index (χ1n) is 11.4. The van der Waals surface area contributed by atoms with Crippen LogP contribution in [0.4, 0.5) is 5.00 Å². The Balaban J connectivity index is 1.56. The van der Waals surface area contributed by atoms with E-state index in [4.69, 9.17) is 4.98 Å². The predicted octanol–water partition coefficient (Wildman–Crippen LogP) is 6.91. The summed E-state index contributed by atoms with van der Waals surface area (Å²) in [5.74, 6) is 0.455. The molecule has 4 aromatic rings. The molecule has 0 bridgehead atoms. The molecule has 4 nitrogen and oxygen atoms in total. The minimum Gasteiger partial charge on any atom is -0.312 e. The quantitative estimate of drug-likeness (QED) is 0.366. The summed E-state index contributed by atoms with van der Waals surface area (Å²) in [7, 11) is 0. The van der Waals surface area contributed by atoms with Gasteiger partial charge in [-0.2, -0.15) is 5.26 Å². The molecule has 0 saturated carbocycles. The number of aryl methyl sites for hydroxylation is 1. The molecular weight excluding hydrogens is 426 g/mol. The molecule has 2 aromatic heterocycles. The molecule has 1 aliphatic carbocycles. The topological polar surface area (TPSA) is 65.8 Å². The molecule has 0 fully saturated rings. The highest BCUT2D eigenvalue weighted by Gasteiger charge is 2.26. The summed E-state index contributed by atoms with van der Waals surface area (Å²) in [5, 5.41) is 14.4. The Morgan fingerprint density at radius 2 is 2.06 bits per heavy atom. The summed E-state index contributed by atoms with van der Waals surface area (Å²) >= 11 is 1.57. The second-order valence-corrected chi connectivity index (χ2v) is 9.84. The minimum absolute atomic E-state index is 0.204. The van der Waals surface area contributed by atoms with Crippen LogP contribution in [0.25, 0.3) is 22.2 Å². The number of aromatic nitrogens is 1. The van der Waals surface area contributed by atoms with Crippen LogP contribution in [0.2, 0.25) is 0 Å². The van der Waals surface area contributed by atoms with E-state index in [0.29, 0.717) is 22.0 Å². The van der Waals surface area contributed by atoms with Gasteiger partial charge in [-0.25, -0.2) is 4.98 Å². The normalized spacial score (nSPS) is 15.1. The maximum Gasteiger partial charge on any atom is 0.257 e. The number of rotatable bonds is 4. The third-order valence-electron chi connectivity index (χ3n) is 6.56. The molecule has 0 spiro atoms. The van der Waals surface area contributed by atoms with Gasteiger partial charge < -0.3 is 5.32 Å². The molecule has 1 atom stereocenters. The van der Waals surface area contributed by atoms with Crippen LogP contribution in [0.5, 0.6) is 0 Å². The lowest BCUT2D eigenvalue weighted by atomic mass is 9.86. The molecule has 33 heavy (non-hydrogen) atoms. The summed E-state index contributed by atoms with van der Waals surface area (Å²) in [6.45, 7) is 4.26. The van der Waals surface area contributed by atoms with Crippen molar-refractivity contribution in [1.82, 2.24) is 4.98 Å². The Morgan fingerprint density at radius 3 is 2.85 bits per heavy atom. The maximum atomic E-state index is 13.5. The molecule has 1 aliphatic rings. The van der Waals surface area contributed by atoms with Crippen molar-refractivity contribution < 1.29 is 4.79 Å². The first-order chi connectivity index (χ1) is 16.1. The highest BCUT2D eigenvalue weighted by molar-refractivity contribution is 7.16. The zero-order valence-electron chi connectivity index (χ0n) is 18.8. The van der Waals surface area contributed by atoms with E-state index in [-0.39, 0.29) is 5.91 Å². The van der Waals surface area contributed by atoms with Gasteiger partial charge in [0.05, 0.1) is 22.3 Å². The van der Waals surface area contributed by atoms with Crippen LogP contribution < -0.4 is 5.32 Å². The number of fused-ring (bicyclic) bond motifs is 2. The van der Waals surface area contributed by atoms with Crippen LogP contribution in [0.3, 0.4) is 0 Å². The standard InChI is InChI=1S/C28H25N3OS/c1-3-18-11-12-21-23(16-29)28(33-26(21)14-18)31-27(32)22-15-25(19-8-6-7-17(2)13-19)30-24-10-5-4-9-20(22)24/h4-10,13,15,18H,3,11-12,14H2,1-2H3,(H,31,32). The minimum atomic E-state index is -0.204. The number of thiophene rings is 1. The predicted molar refractivity (Wildman–Crippen MR) is 135 cm³/mol. The number of nitriles is 1. The molecular formula is C28H25N3OS. The Labute approximate surface area is 197 Å². The number of nitrogens with one attached hydrogen (secondary N) is 1. The number of pyridine rings is 1. The van der Waals surface area contributed by atoms with E-state index in [0.717, 1.165) is 59.0 Å². The van der Waals surface area contributed by atoms with Crippen LogP contribution in [-0.4, -0.2) is 10.9 Å². The summed E-state index contributed by atoms with van der Waals surface area (Å²) in [6.07, 6.45) is 4.17. The van der Waals surface area contributed by atoms with Crippen molar-refractivity contribution in [3.8, 4) is 17.3 Å². The molecule has 5 rings (SSSR count). The zero-order chi connectivity index (χ0) is 22.9. The average Bonchev–Trinajstić information content (AvgIpc) is 3.19. The SMILES string of the molecule is CCC1CCc2c(sc(NC(=O)c3cc(-c4cccc(C)c4)nc4ccccc34)c2C#N)C1. The highest BCUT2D eigenvalue weighted by Crippen LogP contribution is 2.40. The van der Waals surface area contributed by atoms with Crippen molar-refractivity contribution in [3.05, 3.63) is 81.7 Å². The monoisotopic (exact) mass is 451 g/mol. The molecule has 5 heteroatoms. The number of carbonyl (C=O) groups is 1. The number of hydrogen-bond donors (Lipinski definition) is 1. The molecule has 1 amide bonds. The smallest absolute Gasteiger partial charge is 0.257 e. The van der Waals surface area contributed by atoms with E-state index in [1.165, 1.54) is 4.88 Å². The first-order valence-corrected chi connectivity index (χ1v) is 12.2. The van der Waals surface area contributed by atoms with Crippen molar-refractivity contribution >= 4 is 33.1 Å². The summed E-state index contributed by atoms with van der Waals surface area (Å²) < 4.78 is 0. The van der Waals surface area contributed by atoms with E-state index >= 15 is 0 Å². The number of para-hydroxylation sites is 1. The van der Waals surface area contributed by atoms with Crippen LogP contribution in [0, 0.1) is 24.2 Å². The molecule has 0 radical (unpaired) electrons. The Bertz CT molecular complexity index is 1410. The van der Waals surface area contributed by atoms with Crippen LogP contribution in [-0.2, 0) is 12.8 Å². The zero-order valence-corrected chi connectivity index (χ0v) is 19.6. The van der Waals surface area contributed by atoms with Gasteiger partial charge in [-0.15, -0.1) is 11.3 Å². The highest BCUT2D eigenvalue weighted by atomic mass is 32.1. The van der Waals surface area contributed by atoms with Crippen LogP contribution >= 0.6 is 11.3 Å². The first kappa shape index (κ1) is 21.4. The van der Waals surface area contributed by atoms with Crippen molar-refractivity contribution in [1.29, 1.82) is 5.26 Å². The van der Waals surface area contributed by atoms with E-state index in [9.17, 15) is 10.1 Å². The fourth-order valence-electron chi connectivity index (χ4n) is 4.70. The van der Waals surface area contributed by atoms with Gasteiger partial charge in [-0.3, -0.25) is 4.79 Å². The van der Waals surface area contributed by atoms with Crippen molar-refractivity contribution in [3.63, 3.8) is 0 Å². The third kappa shape index (κ3) is 4.03. The number of amides is 1. The molecule has 1 N–H and O–H groups in total. The largest absolute Gasteiger partial charge is 0.312 e. The Hall–Kier alpha value is -3.49. The molecule has 2 aromatic carbocycles. The van der Waals surface area contributed by atoms with Gasteiger partial charge in [-0.1, -0.05) is 55.3 Å². The lowest BCUT2D eigenvalue weighted by Gasteiger charge is -2.20. The van der Waals surface area contributed by atoms with Crippen molar-refractivity contribution in [2.45, 2.75) is 39.5 Å². The Morgan fingerprint density at radius 1 is 1.21 bits per heavy atom. The second kappa shape index (κ2) is 8.80. The van der Waals surface area contributed by atoms with Gasteiger partial charge in [0, 0.05) is 15.8 Å². The van der Waals surface area contributed by atoms with Gasteiger partial charge >= 0.3 is 0 Å². The number of carbonyl (C=O) groups excluding carboxylic acids is 1. The summed E-state index contributed by atoms with van der Waals surface area (Å²) in [5.41, 5.74) is 5.99. The molecule has 0 aliphatic heterocycles. The lowest BCUT2D eigenvalue weighted by molar-refractivity contribution is 0.102. The van der Waals surface area contributed by atoms with Crippen LogP contribution in [0.1, 0.15) is 51.7 Å². The van der Waals surface area contributed by atoms with Crippen LogP contribution in [0.15, 0.2) is 54.6 Å². The fourth-order valence-corrected chi connectivity index (χ4v) is 6.00.